The van der Waals surface area contributed by atoms with Crippen LogP contribution in [0.4, 0.5) is 4.79 Å². The van der Waals surface area contributed by atoms with Gasteiger partial charge in [-0.15, -0.1) is 0 Å². The van der Waals surface area contributed by atoms with Crippen molar-refractivity contribution in [3.8, 4) is 0 Å². The Hall–Kier alpha value is -11.5. The number of rotatable bonds is 49. The van der Waals surface area contributed by atoms with Gasteiger partial charge in [0.15, 0.2) is 28.9 Å². The molecule has 4 amide bonds. The fourth-order valence-corrected chi connectivity index (χ4v) is 11.3. The molecule has 666 valence electrons. The van der Waals surface area contributed by atoms with Gasteiger partial charge in [0, 0.05) is 106 Å². The van der Waals surface area contributed by atoms with Gasteiger partial charge >= 0.3 is 41.9 Å². The van der Waals surface area contributed by atoms with Crippen molar-refractivity contribution in [3.05, 3.63) is 71.8 Å². The van der Waals surface area contributed by atoms with Crippen molar-refractivity contribution < 1.29 is 126 Å². The second kappa shape index (κ2) is 54.6. The molecule has 2 aromatic carbocycles. The average Bonchev–Trinajstić information content (AvgIpc) is 1.85. The molecule has 13 N–H and O–H groups in total. The quantitative estimate of drug-likeness (QED) is 0.0328. The van der Waals surface area contributed by atoms with E-state index in [-0.39, 0.29) is 127 Å². The van der Waals surface area contributed by atoms with Crippen molar-refractivity contribution in [1.82, 2.24) is 21.3 Å². The molecule has 3 heterocycles. The minimum absolute atomic E-state index is 0.00940. The lowest BCUT2D eigenvalue weighted by Crippen LogP contribution is -2.46. The van der Waals surface area contributed by atoms with E-state index in [1.54, 1.807) is 66.8 Å². The van der Waals surface area contributed by atoms with Crippen LogP contribution in [0.15, 0.2) is 90.6 Å². The Morgan fingerprint density at radius 2 is 0.760 bits per heavy atom. The molecule has 2 aromatic rings. The van der Waals surface area contributed by atoms with Crippen molar-refractivity contribution in [2.24, 2.45) is 76.9 Å². The summed E-state index contributed by atoms with van der Waals surface area (Å²) in [7, 11) is 0. The summed E-state index contributed by atoms with van der Waals surface area (Å²) in [5, 5.41) is 55.5. The lowest BCUT2D eigenvalue weighted by Gasteiger charge is -2.24. The van der Waals surface area contributed by atoms with Gasteiger partial charge in [-0.05, 0) is 119 Å². The largest absolute Gasteiger partial charge is 0.481 e. The number of aliphatic hydroxyl groups excluding tert-OH is 2. The molecule has 0 spiro atoms. The Morgan fingerprint density at radius 1 is 0.405 bits per heavy atom. The fraction of sp³-hybridized carbons (Fsp3) is 0.578. The number of alkyl carbamates (subject to hydrolysis) is 1. The number of nitrogens with one attached hydrogen (secondary N) is 4. The van der Waals surface area contributed by atoms with Crippen molar-refractivity contribution >= 4 is 138 Å². The first kappa shape index (κ1) is 106. The van der Waals surface area contributed by atoms with Gasteiger partial charge < -0.3 is 77.2 Å². The SMILES string of the molecule is C[C@H](CC(=O)OC(C)(C)C)C(=O)N[C@@H](CC1C=NC=N1)C(=O)O.C[C@H](N)C(=O)C[C@@H](CC1C=NC=N1)C(=O)N[C@@H](C)C(=O)C[C@@H](CCC(=O)O)C(=O)O.C[C@H](N)C(=O)C[C@@H](CCC(=O)OCc1ccccc1)C(=O)CO.C[C@H](NC(=O)OC(C)(C)C)C(=O)C[C@@H](CC1C=NC=N1)C(=O)N[C@@H](C)C(=O)C[C@@H](CCC(=O)OCc1ccccc1)C(=O)CO. The predicted molar refractivity (Wildman–Crippen MR) is 442 cm³/mol. The van der Waals surface area contributed by atoms with Crippen molar-refractivity contribution in [3.63, 3.8) is 0 Å². The van der Waals surface area contributed by atoms with E-state index < -0.39 is 197 Å². The third-order valence-electron chi connectivity index (χ3n) is 18.3. The highest BCUT2D eigenvalue weighted by atomic mass is 16.6. The molecule has 0 fully saturated rings. The molecule has 0 saturated carbocycles. The second-order valence-electron chi connectivity index (χ2n) is 31.3. The number of carbonyl (C=O) groups excluding carboxylic acids is 14. The maximum Gasteiger partial charge on any atom is 0.408 e. The number of amides is 4. The zero-order chi connectivity index (χ0) is 91.3. The lowest BCUT2D eigenvalue weighted by atomic mass is 9.90. The molecule has 0 aromatic heterocycles. The third-order valence-corrected chi connectivity index (χ3v) is 18.3. The van der Waals surface area contributed by atoms with Crippen LogP contribution in [-0.4, -0.2) is 242 Å². The van der Waals surface area contributed by atoms with Crippen LogP contribution in [0.5, 0.6) is 0 Å². The van der Waals surface area contributed by atoms with Crippen LogP contribution in [0.25, 0.3) is 0 Å². The van der Waals surface area contributed by atoms with Crippen LogP contribution in [0, 0.1) is 35.5 Å². The first-order valence-corrected chi connectivity index (χ1v) is 39.5. The molecule has 3 aliphatic heterocycles. The fourth-order valence-electron chi connectivity index (χ4n) is 11.3. The predicted octanol–water partition coefficient (Wildman–Crippen LogP) is 4.11. The number of benzene rings is 2. The number of ketones is 7. The molecule has 3 aliphatic rings. The molecular formula is C83H118N12O26. The van der Waals surface area contributed by atoms with Crippen LogP contribution in [0.2, 0.25) is 0 Å². The first-order valence-electron chi connectivity index (χ1n) is 39.5. The number of nitrogens with two attached hydrogens (primary N) is 2. The van der Waals surface area contributed by atoms with Gasteiger partial charge in [-0.25, -0.2) is 24.6 Å². The Labute approximate surface area is 702 Å². The highest BCUT2D eigenvalue weighted by molar-refractivity contribution is 5.98. The Kier molecular flexibility index (Phi) is 47.7. The normalized spacial score (nSPS) is 17.0. The Bertz CT molecular complexity index is 3980. The summed E-state index contributed by atoms with van der Waals surface area (Å²) in [6, 6.07) is 11.6. The standard InChI is InChI=1S/C32H44N4O9.C19H28N4O7.C17H23NO5.C15H23N3O5/c1-20(26(38)14-23(28(40)17-37)11-12-29(41)44-18-22-9-7-6-8-10-22)35-30(42)24(13-25-16-33-19-34-25)15-27(39)21(2)36-31(43)45-32(3,4)5;1-10(20)15(24)7-13(5-14-8-21-9-22-14)18(28)23-11(2)16(25)6-12(19(29)30)3-4-17(26)27;1-12(18)15(20)9-14(16(21)10-19)7-8-17(22)23-11-13-5-3-2-4-6-13;1-9(5-12(19)23-15(2,3)4)13(20)18-11(14(21)22)6-10-7-16-8-17-10/h6-10,16,19-21,23-25,37H,11-15,17-18H2,1-5H3,(H,35,42)(H,36,43);8-14H,3-7,20H2,1-2H3,(H,23,28)(H,26,27)(H,29,30);2-6,12,14,19H,7-11,18H2,1H3;7-11H,5-6H2,1-4H3,(H,18,20)(H,21,22)/t20-,21-,23+,24+,25?;10-,11-,12+,13+,14?;12-,14+;9-,10?,11+/m0001/s1. The zero-order valence-corrected chi connectivity index (χ0v) is 70.5. The highest BCUT2D eigenvalue weighted by Crippen LogP contribution is 2.23. The molecule has 15 atom stereocenters. The van der Waals surface area contributed by atoms with Crippen LogP contribution >= 0.6 is 0 Å². The van der Waals surface area contributed by atoms with Crippen molar-refractivity contribution in [2.45, 2.75) is 258 Å². The second-order valence-corrected chi connectivity index (χ2v) is 31.3. The van der Waals surface area contributed by atoms with Gasteiger partial charge in [-0.2, -0.15) is 0 Å². The maximum absolute atomic E-state index is 13.3. The number of carbonyl (C=O) groups is 17. The van der Waals surface area contributed by atoms with Crippen LogP contribution in [0.3, 0.4) is 0 Å². The Morgan fingerprint density at radius 3 is 1.11 bits per heavy atom. The van der Waals surface area contributed by atoms with E-state index in [9.17, 15) is 96.8 Å². The summed E-state index contributed by atoms with van der Waals surface area (Å²) in [6.45, 7) is 18.0. The number of carboxylic acid groups (broad SMARTS) is 3. The lowest BCUT2D eigenvalue weighted by molar-refractivity contribution is -0.157. The zero-order valence-electron chi connectivity index (χ0n) is 70.5. The van der Waals surface area contributed by atoms with Crippen LogP contribution in [0.1, 0.15) is 191 Å². The van der Waals surface area contributed by atoms with Gasteiger partial charge in [0.05, 0.1) is 60.7 Å². The van der Waals surface area contributed by atoms with E-state index in [4.69, 9.17) is 40.6 Å². The summed E-state index contributed by atoms with van der Waals surface area (Å²) in [6.07, 6.45) is 6.49. The molecule has 0 aliphatic carbocycles. The van der Waals surface area contributed by atoms with E-state index in [1.165, 1.54) is 66.1 Å². The first-order chi connectivity index (χ1) is 56.7. The average molecular weight is 1700 g/mol. The van der Waals surface area contributed by atoms with Gasteiger partial charge in [0.25, 0.3) is 0 Å². The molecule has 121 heavy (non-hydrogen) atoms. The molecular weight excluding hydrogens is 1580 g/mol. The smallest absolute Gasteiger partial charge is 0.408 e. The number of hydrogen-bond donors (Lipinski definition) is 11. The molecule has 0 saturated heterocycles. The number of hydrogen-bond acceptors (Lipinski definition) is 31. The summed E-state index contributed by atoms with van der Waals surface area (Å²) < 4.78 is 20.7. The molecule has 0 bridgehead atoms. The number of aliphatic imine (C=N–C) groups is 6. The minimum atomic E-state index is -1.28. The number of aliphatic hydroxyl groups is 2. The third kappa shape index (κ3) is 45.5. The van der Waals surface area contributed by atoms with Crippen molar-refractivity contribution in [1.29, 1.82) is 0 Å². The topological polar surface area (TPSA) is 603 Å². The molecule has 0 radical (unpaired) electrons. The molecule has 3 unspecified atom stereocenters. The number of esters is 3. The summed E-state index contributed by atoms with van der Waals surface area (Å²) in [5.74, 6) is -15.0. The van der Waals surface area contributed by atoms with E-state index in [1.807, 2.05) is 48.5 Å². The Balaban J connectivity index is 0.000000571. The molecule has 38 heteroatoms. The number of carboxylic acids is 3. The summed E-state index contributed by atoms with van der Waals surface area (Å²) in [4.78, 5) is 229. The van der Waals surface area contributed by atoms with Crippen molar-refractivity contribution in [2.75, 3.05) is 13.2 Å². The highest BCUT2D eigenvalue weighted by Gasteiger charge is 2.36. The van der Waals surface area contributed by atoms with E-state index in [2.05, 4.69) is 51.2 Å². The van der Waals surface area contributed by atoms with Gasteiger partial charge in [-0.3, -0.25) is 86.9 Å². The number of ether oxygens (including phenoxy) is 4. The van der Waals surface area contributed by atoms with Gasteiger partial charge in [0.1, 0.15) is 74.3 Å². The maximum atomic E-state index is 13.3. The van der Waals surface area contributed by atoms with Gasteiger partial charge in [0.2, 0.25) is 17.7 Å². The summed E-state index contributed by atoms with van der Waals surface area (Å²) >= 11 is 0. The monoisotopic (exact) mass is 1700 g/mol. The van der Waals surface area contributed by atoms with Crippen LogP contribution < -0.4 is 32.7 Å². The van der Waals surface area contributed by atoms with E-state index in [0.717, 1.165) is 11.1 Å². The van der Waals surface area contributed by atoms with Crippen LogP contribution in [-0.2, 0) is 109 Å². The minimum Gasteiger partial charge on any atom is -0.481 e. The number of Topliss-reactive ketones (excluding diaryl/α,β-unsaturated/α-hetero) is 7. The number of nitrogens with zero attached hydrogens (tertiary/aromatic N) is 6. The number of aliphatic carboxylic acids is 3. The van der Waals surface area contributed by atoms with E-state index >= 15 is 0 Å². The molecule has 38 nitrogen and oxygen atoms in total. The summed E-state index contributed by atoms with van der Waals surface area (Å²) in [5.41, 5.74) is 11.3. The van der Waals surface area contributed by atoms with Gasteiger partial charge in [-0.1, -0.05) is 67.6 Å². The molecule has 5 rings (SSSR count). The van der Waals surface area contributed by atoms with E-state index in [0.29, 0.717) is 0 Å².